The Bertz CT molecular complexity index is 683. The molecule has 0 saturated carbocycles. The quantitative estimate of drug-likeness (QED) is 0.742. The lowest BCUT2D eigenvalue weighted by atomic mass is 10.1. The third-order valence-electron chi connectivity index (χ3n) is 3.39. The third kappa shape index (κ3) is 5.01. The number of methoxy groups -OCH3 is 1. The van der Waals surface area contributed by atoms with Crippen LogP contribution in [0.15, 0.2) is 42.5 Å². The fraction of sp³-hybridized carbons (Fsp3) is 0.316. The zero-order valence-electron chi connectivity index (χ0n) is 14.1. The highest BCUT2D eigenvalue weighted by molar-refractivity contribution is 7.22. The van der Waals surface area contributed by atoms with Crippen molar-refractivity contribution in [1.82, 2.24) is 0 Å². The maximum atomic E-state index is 5.84. The Hall–Kier alpha value is -1.99. The van der Waals surface area contributed by atoms with Crippen LogP contribution >= 0.6 is 8.86 Å². The smallest absolute Gasteiger partial charge is 0.123 e. The van der Waals surface area contributed by atoms with Gasteiger partial charge in [0, 0.05) is 23.9 Å². The molecule has 2 rings (SSSR count). The summed E-state index contributed by atoms with van der Waals surface area (Å²) in [4.78, 5) is 0. The van der Waals surface area contributed by atoms with Gasteiger partial charge < -0.3 is 14.8 Å². The number of hydrogen-bond acceptors (Lipinski definition) is 3. The van der Waals surface area contributed by atoms with E-state index >= 15 is 0 Å². The predicted molar refractivity (Wildman–Crippen MR) is 101 cm³/mol. The lowest BCUT2D eigenvalue weighted by molar-refractivity contribution is 0.242. The van der Waals surface area contributed by atoms with Crippen molar-refractivity contribution < 1.29 is 9.47 Å². The SMILES string of the molecule is COc1ccccc1CNc1cc(OC(C)C)cc(C(C)=P)c1. The fourth-order valence-electron chi connectivity index (χ4n) is 2.30. The summed E-state index contributed by atoms with van der Waals surface area (Å²) in [5.74, 6) is 1.75. The second-order valence-corrected chi connectivity index (χ2v) is 6.45. The van der Waals surface area contributed by atoms with Crippen LogP contribution in [0.1, 0.15) is 31.9 Å². The Morgan fingerprint density at radius 2 is 1.91 bits per heavy atom. The molecule has 23 heavy (non-hydrogen) atoms. The molecule has 3 nitrogen and oxygen atoms in total. The van der Waals surface area contributed by atoms with E-state index < -0.39 is 0 Å². The number of anilines is 1. The molecule has 122 valence electrons. The minimum Gasteiger partial charge on any atom is -0.496 e. The monoisotopic (exact) mass is 329 g/mol. The van der Waals surface area contributed by atoms with Crippen LogP contribution in [-0.4, -0.2) is 18.5 Å². The average molecular weight is 329 g/mol. The van der Waals surface area contributed by atoms with Gasteiger partial charge in [-0.15, -0.1) is 8.86 Å². The number of nitrogens with one attached hydrogen (secondary N) is 1. The summed E-state index contributed by atoms with van der Waals surface area (Å²) in [6, 6.07) is 14.2. The van der Waals surface area contributed by atoms with Crippen LogP contribution in [0.25, 0.3) is 0 Å². The van der Waals surface area contributed by atoms with Crippen molar-refractivity contribution in [3.8, 4) is 11.5 Å². The highest BCUT2D eigenvalue weighted by Crippen LogP contribution is 2.25. The van der Waals surface area contributed by atoms with Gasteiger partial charge in [0.15, 0.2) is 0 Å². The van der Waals surface area contributed by atoms with Gasteiger partial charge >= 0.3 is 0 Å². The third-order valence-corrected chi connectivity index (χ3v) is 3.68. The first-order valence-electron chi connectivity index (χ1n) is 7.72. The van der Waals surface area contributed by atoms with Crippen molar-refractivity contribution >= 4 is 19.8 Å². The maximum absolute atomic E-state index is 5.84. The van der Waals surface area contributed by atoms with Gasteiger partial charge in [0.2, 0.25) is 0 Å². The van der Waals surface area contributed by atoms with Crippen molar-refractivity contribution in [1.29, 1.82) is 0 Å². The Balaban J connectivity index is 2.21. The molecule has 0 aromatic heterocycles. The highest BCUT2D eigenvalue weighted by atomic mass is 31.0. The van der Waals surface area contributed by atoms with Crippen LogP contribution in [0.5, 0.6) is 11.5 Å². The molecule has 0 heterocycles. The Labute approximate surface area is 140 Å². The minimum absolute atomic E-state index is 0.141. The Kier molecular flexibility index (Phi) is 6.06. The zero-order chi connectivity index (χ0) is 16.8. The van der Waals surface area contributed by atoms with Crippen LogP contribution in [0.4, 0.5) is 5.69 Å². The molecule has 2 aromatic rings. The Morgan fingerprint density at radius 3 is 2.57 bits per heavy atom. The summed E-state index contributed by atoms with van der Waals surface area (Å²) < 4.78 is 11.2. The first-order chi connectivity index (χ1) is 11.0. The summed E-state index contributed by atoms with van der Waals surface area (Å²) in [6.45, 7) is 6.77. The number of rotatable bonds is 7. The topological polar surface area (TPSA) is 30.5 Å². The molecule has 0 bridgehead atoms. The van der Waals surface area contributed by atoms with E-state index in [1.165, 1.54) is 0 Å². The van der Waals surface area contributed by atoms with Gasteiger partial charge in [-0.1, -0.05) is 18.2 Å². The second kappa shape index (κ2) is 8.03. The molecule has 0 aliphatic heterocycles. The standard InChI is InChI=1S/C19H24NO2P/c1-13(2)22-18-10-16(14(3)23)9-17(11-18)20-12-15-7-5-6-8-19(15)21-4/h5-11,13,20,23H,12H2,1-4H3. The molecule has 0 aliphatic carbocycles. The molecule has 0 aliphatic rings. The van der Waals surface area contributed by atoms with E-state index in [0.29, 0.717) is 6.54 Å². The summed E-state index contributed by atoms with van der Waals surface area (Å²) in [7, 11) is 5.29. The maximum Gasteiger partial charge on any atom is 0.123 e. The van der Waals surface area contributed by atoms with Crippen molar-refractivity contribution in [3.05, 3.63) is 53.6 Å². The lowest BCUT2D eigenvalue weighted by Crippen LogP contribution is -2.08. The molecular weight excluding hydrogens is 305 g/mol. The molecule has 0 unspecified atom stereocenters. The number of benzene rings is 2. The summed E-state index contributed by atoms with van der Waals surface area (Å²) in [5, 5.41) is 4.52. The van der Waals surface area contributed by atoms with Crippen molar-refractivity contribution in [2.24, 2.45) is 0 Å². The van der Waals surface area contributed by atoms with Crippen molar-refractivity contribution in [2.45, 2.75) is 33.4 Å². The van der Waals surface area contributed by atoms with Gasteiger partial charge in [-0.25, -0.2) is 0 Å². The van der Waals surface area contributed by atoms with Gasteiger partial charge in [-0.05, 0) is 49.8 Å². The van der Waals surface area contributed by atoms with E-state index in [-0.39, 0.29) is 6.10 Å². The van der Waals surface area contributed by atoms with Crippen LogP contribution in [0.3, 0.4) is 0 Å². The summed E-state index contributed by atoms with van der Waals surface area (Å²) >= 11 is 0. The van der Waals surface area contributed by atoms with Crippen LogP contribution < -0.4 is 14.8 Å². The first kappa shape index (κ1) is 17.4. The van der Waals surface area contributed by atoms with E-state index in [1.54, 1.807) is 7.11 Å². The summed E-state index contributed by atoms with van der Waals surface area (Å²) in [5.41, 5.74) is 3.23. The van der Waals surface area contributed by atoms with E-state index in [4.69, 9.17) is 9.47 Å². The number of para-hydroxylation sites is 1. The number of ether oxygens (including phenoxy) is 2. The fourth-order valence-corrected chi connectivity index (χ4v) is 2.45. The van der Waals surface area contributed by atoms with E-state index in [2.05, 4.69) is 26.3 Å². The zero-order valence-corrected chi connectivity index (χ0v) is 15.1. The number of hydrogen-bond donors (Lipinski definition) is 1. The molecule has 2 aromatic carbocycles. The van der Waals surface area contributed by atoms with Crippen LogP contribution in [0, 0.1) is 0 Å². The molecular formula is C19H24NO2P. The van der Waals surface area contributed by atoms with Gasteiger partial charge in [0.1, 0.15) is 11.5 Å². The summed E-state index contributed by atoms with van der Waals surface area (Å²) in [6.07, 6.45) is 0.141. The van der Waals surface area contributed by atoms with Gasteiger partial charge in [0.05, 0.1) is 13.2 Å². The van der Waals surface area contributed by atoms with E-state index in [1.807, 2.05) is 51.1 Å². The van der Waals surface area contributed by atoms with Gasteiger partial charge in [-0.2, -0.15) is 0 Å². The van der Waals surface area contributed by atoms with E-state index in [0.717, 1.165) is 33.6 Å². The average Bonchev–Trinajstić information content (AvgIpc) is 2.52. The first-order valence-corrected chi connectivity index (χ1v) is 8.22. The van der Waals surface area contributed by atoms with Gasteiger partial charge in [0.25, 0.3) is 0 Å². The van der Waals surface area contributed by atoms with Crippen LogP contribution in [0.2, 0.25) is 0 Å². The molecule has 0 atom stereocenters. The Morgan fingerprint density at radius 1 is 1.17 bits per heavy atom. The lowest BCUT2D eigenvalue weighted by Gasteiger charge is -2.15. The highest BCUT2D eigenvalue weighted by Gasteiger charge is 2.06. The van der Waals surface area contributed by atoms with Gasteiger partial charge in [-0.3, -0.25) is 0 Å². The molecule has 0 fully saturated rings. The van der Waals surface area contributed by atoms with Crippen molar-refractivity contribution in [2.75, 3.05) is 12.4 Å². The molecule has 0 saturated heterocycles. The molecule has 1 N–H and O–H groups in total. The molecule has 4 heteroatoms. The second-order valence-electron chi connectivity index (χ2n) is 5.70. The molecule has 0 spiro atoms. The van der Waals surface area contributed by atoms with Crippen LogP contribution in [-0.2, 0) is 6.54 Å². The molecule has 0 amide bonds. The normalized spacial score (nSPS) is 10.5. The van der Waals surface area contributed by atoms with Crippen molar-refractivity contribution in [3.63, 3.8) is 0 Å². The van der Waals surface area contributed by atoms with E-state index in [9.17, 15) is 0 Å². The minimum atomic E-state index is 0.141. The predicted octanol–water partition coefficient (Wildman–Crippen LogP) is 4.78. The molecule has 0 radical (unpaired) electrons. The largest absolute Gasteiger partial charge is 0.496 e.